The summed E-state index contributed by atoms with van der Waals surface area (Å²) in [7, 11) is 0. The largest absolute Gasteiger partial charge is 0.349 e. The molecule has 1 atom stereocenters. The molecule has 4 fully saturated rings. The maximum absolute atomic E-state index is 13.1. The minimum absolute atomic E-state index is 0.0186. The third-order valence-corrected chi connectivity index (χ3v) is 8.67. The lowest BCUT2D eigenvalue weighted by Gasteiger charge is -2.59. The van der Waals surface area contributed by atoms with Gasteiger partial charge >= 0.3 is 0 Å². The van der Waals surface area contributed by atoms with Crippen molar-refractivity contribution in [2.75, 3.05) is 0 Å². The first-order valence-electron chi connectivity index (χ1n) is 12.3. The summed E-state index contributed by atoms with van der Waals surface area (Å²) in [5, 5.41) is 3.33. The summed E-state index contributed by atoms with van der Waals surface area (Å²) >= 11 is 0. The van der Waals surface area contributed by atoms with Crippen LogP contribution in [0.4, 0.5) is 0 Å². The molecule has 168 valence electrons. The van der Waals surface area contributed by atoms with Crippen LogP contribution in [-0.4, -0.2) is 17.7 Å². The summed E-state index contributed by atoms with van der Waals surface area (Å²) in [4.78, 5) is 26.2. The van der Waals surface area contributed by atoms with Gasteiger partial charge in [-0.2, -0.15) is 0 Å². The van der Waals surface area contributed by atoms with Crippen LogP contribution in [0.3, 0.4) is 0 Å². The number of amides is 1. The molecule has 2 aromatic carbocycles. The highest BCUT2D eigenvalue weighted by Crippen LogP contribution is 2.61. The van der Waals surface area contributed by atoms with Crippen LogP contribution in [0.15, 0.2) is 36.4 Å². The van der Waals surface area contributed by atoms with Crippen LogP contribution in [0.25, 0.3) is 0 Å². The lowest BCUT2D eigenvalue weighted by atomic mass is 9.48. The number of hydrogen-bond donors (Lipinski definition) is 1. The van der Waals surface area contributed by atoms with Crippen LogP contribution in [0.1, 0.15) is 88.4 Å². The molecule has 1 amide bonds. The van der Waals surface area contributed by atoms with Crippen LogP contribution >= 0.6 is 0 Å². The standard InChI is InChI=1S/C29H35NO2/c1-17-9-18(2)26(19(3)10-17)27(31)24-5-7-25(8-6-24)28(32)30-20(4)29-14-21-11-22(15-29)13-23(12-21)16-29/h5-10,20-23H,11-16H2,1-4H3,(H,30,32)/t20-,21?,22?,23?,29?/m1/s1. The molecule has 2 aromatic rings. The zero-order chi connectivity index (χ0) is 22.6. The molecular formula is C29H35NO2. The summed E-state index contributed by atoms with van der Waals surface area (Å²) < 4.78 is 0. The van der Waals surface area contributed by atoms with Gasteiger partial charge < -0.3 is 5.32 Å². The molecule has 1 N–H and O–H groups in total. The molecule has 0 heterocycles. The maximum atomic E-state index is 13.1. The molecule has 0 radical (unpaired) electrons. The second kappa shape index (κ2) is 7.86. The molecule has 0 unspecified atom stereocenters. The molecule has 0 aliphatic heterocycles. The molecular weight excluding hydrogens is 394 g/mol. The molecule has 4 aliphatic rings. The fourth-order valence-corrected chi connectivity index (χ4v) is 7.60. The summed E-state index contributed by atoms with van der Waals surface area (Å²) in [6.45, 7) is 8.24. The number of carbonyl (C=O) groups is 2. The van der Waals surface area contributed by atoms with Gasteiger partial charge in [-0.25, -0.2) is 0 Å². The average molecular weight is 430 g/mol. The maximum Gasteiger partial charge on any atom is 0.251 e. The van der Waals surface area contributed by atoms with Gasteiger partial charge in [-0.15, -0.1) is 0 Å². The van der Waals surface area contributed by atoms with E-state index in [0.29, 0.717) is 16.5 Å². The van der Waals surface area contributed by atoms with E-state index >= 15 is 0 Å². The molecule has 4 aliphatic carbocycles. The number of aryl methyl sites for hydroxylation is 3. The number of nitrogens with one attached hydrogen (secondary N) is 1. The Kier molecular flexibility index (Phi) is 5.27. The number of hydrogen-bond acceptors (Lipinski definition) is 2. The van der Waals surface area contributed by atoms with Crippen molar-refractivity contribution in [2.45, 2.75) is 72.3 Å². The SMILES string of the molecule is Cc1cc(C)c(C(=O)c2ccc(C(=O)N[C@H](C)C34CC5CC(CC(C5)C3)C4)cc2)c(C)c1. The summed E-state index contributed by atoms with van der Waals surface area (Å²) in [5.74, 6) is 2.63. The zero-order valence-electron chi connectivity index (χ0n) is 19.8. The van der Waals surface area contributed by atoms with E-state index < -0.39 is 0 Å². The van der Waals surface area contributed by atoms with E-state index in [2.05, 4.69) is 12.2 Å². The van der Waals surface area contributed by atoms with Crippen molar-refractivity contribution in [1.29, 1.82) is 0 Å². The highest BCUT2D eigenvalue weighted by Gasteiger charge is 2.53. The first-order valence-corrected chi connectivity index (χ1v) is 12.3. The number of benzene rings is 2. The van der Waals surface area contributed by atoms with E-state index in [-0.39, 0.29) is 17.7 Å². The van der Waals surface area contributed by atoms with Crippen molar-refractivity contribution in [3.05, 3.63) is 69.8 Å². The minimum Gasteiger partial charge on any atom is -0.349 e. The van der Waals surface area contributed by atoms with E-state index in [0.717, 1.165) is 40.0 Å². The van der Waals surface area contributed by atoms with Gasteiger partial charge in [0.05, 0.1) is 0 Å². The van der Waals surface area contributed by atoms with Crippen LogP contribution in [0, 0.1) is 43.9 Å². The third kappa shape index (κ3) is 3.70. The topological polar surface area (TPSA) is 46.2 Å². The van der Waals surface area contributed by atoms with Crippen molar-refractivity contribution in [3.8, 4) is 0 Å². The molecule has 3 heteroatoms. The van der Waals surface area contributed by atoms with Crippen LogP contribution < -0.4 is 5.32 Å². The normalized spacial score (nSPS) is 29.1. The molecule has 3 nitrogen and oxygen atoms in total. The second-order valence-corrected chi connectivity index (χ2v) is 11.2. The molecule has 0 aromatic heterocycles. The quantitative estimate of drug-likeness (QED) is 0.577. The highest BCUT2D eigenvalue weighted by atomic mass is 16.1. The van der Waals surface area contributed by atoms with Crippen molar-refractivity contribution < 1.29 is 9.59 Å². The molecule has 4 bridgehead atoms. The Morgan fingerprint density at radius 1 is 0.844 bits per heavy atom. The monoisotopic (exact) mass is 429 g/mol. The number of rotatable bonds is 5. The summed E-state index contributed by atoms with van der Waals surface area (Å²) in [6.07, 6.45) is 8.08. The van der Waals surface area contributed by atoms with E-state index in [1.165, 1.54) is 38.5 Å². The van der Waals surface area contributed by atoms with Crippen molar-refractivity contribution in [1.82, 2.24) is 5.32 Å². The van der Waals surface area contributed by atoms with Gasteiger partial charge in [-0.1, -0.05) is 29.8 Å². The molecule has 32 heavy (non-hydrogen) atoms. The molecule has 4 saturated carbocycles. The van der Waals surface area contributed by atoms with Crippen molar-refractivity contribution in [3.63, 3.8) is 0 Å². The van der Waals surface area contributed by atoms with E-state index in [1.54, 1.807) is 24.3 Å². The predicted molar refractivity (Wildman–Crippen MR) is 128 cm³/mol. The summed E-state index contributed by atoms with van der Waals surface area (Å²) in [6, 6.07) is 11.5. The average Bonchev–Trinajstić information content (AvgIpc) is 2.72. The van der Waals surface area contributed by atoms with Crippen LogP contribution in [0.2, 0.25) is 0 Å². The van der Waals surface area contributed by atoms with Gasteiger partial charge in [0, 0.05) is 22.7 Å². The van der Waals surface area contributed by atoms with Gasteiger partial charge in [0.15, 0.2) is 5.78 Å². The Balaban J connectivity index is 1.29. The van der Waals surface area contributed by atoms with Gasteiger partial charge in [0.25, 0.3) is 5.91 Å². The van der Waals surface area contributed by atoms with E-state index in [1.807, 2.05) is 32.9 Å². The number of carbonyl (C=O) groups excluding carboxylic acids is 2. The predicted octanol–water partition coefficient (Wildman–Crippen LogP) is 6.18. The lowest BCUT2D eigenvalue weighted by Crippen LogP contribution is -2.55. The Bertz CT molecular complexity index is 1010. The smallest absolute Gasteiger partial charge is 0.251 e. The first kappa shape index (κ1) is 21.4. The van der Waals surface area contributed by atoms with Crippen LogP contribution in [0.5, 0.6) is 0 Å². The Morgan fingerprint density at radius 3 is 1.81 bits per heavy atom. The van der Waals surface area contributed by atoms with E-state index in [4.69, 9.17) is 0 Å². The number of ketones is 1. The van der Waals surface area contributed by atoms with Gasteiger partial charge in [0.1, 0.15) is 0 Å². The first-order chi connectivity index (χ1) is 15.2. The fourth-order valence-electron chi connectivity index (χ4n) is 7.60. The van der Waals surface area contributed by atoms with E-state index in [9.17, 15) is 9.59 Å². The molecule has 6 rings (SSSR count). The van der Waals surface area contributed by atoms with Crippen molar-refractivity contribution in [2.24, 2.45) is 23.2 Å². The highest BCUT2D eigenvalue weighted by molar-refractivity contribution is 6.11. The summed E-state index contributed by atoms with van der Waals surface area (Å²) in [5.41, 5.74) is 5.49. The van der Waals surface area contributed by atoms with Gasteiger partial charge in [-0.05, 0) is 113 Å². The Labute approximate surface area is 192 Å². The Morgan fingerprint density at radius 2 is 1.31 bits per heavy atom. The second-order valence-electron chi connectivity index (χ2n) is 11.2. The fraction of sp³-hybridized carbons (Fsp3) is 0.517. The van der Waals surface area contributed by atoms with Gasteiger partial charge in [-0.3, -0.25) is 9.59 Å². The minimum atomic E-state index is -0.0186. The zero-order valence-corrected chi connectivity index (χ0v) is 19.8. The lowest BCUT2D eigenvalue weighted by molar-refractivity contribution is -0.0688. The third-order valence-electron chi connectivity index (χ3n) is 8.67. The molecule has 0 spiro atoms. The van der Waals surface area contributed by atoms with Gasteiger partial charge in [0.2, 0.25) is 0 Å². The Hall–Kier alpha value is -2.42. The molecule has 0 saturated heterocycles. The van der Waals surface area contributed by atoms with Crippen molar-refractivity contribution >= 4 is 11.7 Å². The van der Waals surface area contributed by atoms with Crippen LogP contribution in [-0.2, 0) is 0 Å².